The van der Waals surface area contributed by atoms with Gasteiger partial charge in [0, 0.05) is 17.7 Å². The normalized spacial score (nSPS) is 14.6. The van der Waals surface area contributed by atoms with Crippen LogP contribution in [0.2, 0.25) is 0 Å². The summed E-state index contributed by atoms with van der Waals surface area (Å²) < 4.78 is 43.6. The van der Waals surface area contributed by atoms with E-state index in [4.69, 9.17) is 0 Å². The highest BCUT2D eigenvalue weighted by Crippen LogP contribution is 2.35. The minimum atomic E-state index is -2.09. The van der Waals surface area contributed by atoms with Gasteiger partial charge in [-0.05, 0) is 25.1 Å². The number of aliphatic hydroxyl groups is 1. The number of hydrogen-bond acceptors (Lipinski definition) is 6. The fraction of sp³-hybridized carbons (Fsp3) is 0.211. The zero-order chi connectivity index (χ0) is 21.5. The molecule has 2 atom stereocenters. The molecule has 0 fully saturated rings. The molecule has 4 aromatic rings. The molecule has 0 bridgehead atoms. The van der Waals surface area contributed by atoms with Crippen molar-refractivity contribution in [2.45, 2.75) is 25.1 Å². The van der Waals surface area contributed by atoms with Crippen LogP contribution < -0.4 is 5.56 Å². The first-order valence-corrected chi connectivity index (χ1v) is 8.84. The number of aromatic nitrogens is 6. The van der Waals surface area contributed by atoms with Crippen LogP contribution in [0.15, 0.2) is 53.8 Å². The molecule has 0 aliphatic carbocycles. The number of hydrogen-bond donors (Lipinski definition) is 1. The van der Waals surface area contributed by atoms with Gasteiger partial charge in [-0.15, -0.1) is 5.10 Å². The van der Waals surface area contributed by atoms with Crippen molar-refractivity contribution in [2.75, 3.05) is 0 Å². The molecule has 2 aromatic carbocycles. The van der Waals surface area contributed by atoms with Gasteiger partial charge in [-0.2, -0.15) is 5.10 Å². The van der Waals surface area contributed by atoms with E-state index in [0.29, 0.717) is 6.07 Å². The van der Waals surface area contributed by atoms with Crippen LogP contribution in [0.4, 0.5) is 13.2 Å². The van der Waals surface area contributed by atoms with Gasteiger partial charge in [0.1, 0.15) is 41.2 Å². The van der Waals surface area contributed by atoms with Gasteiger partial charge in [0.2, 0.25) is 0 Å². The van der Waals surface area contributed by atoms with Crippen molar-refractivity contribution in [3.8, 4) is 0 Å². The summed E-state index contributed by atoms with van der Waals surface area (Å²) in [6, 6.07) is 4.95. The van der Waals surface area contributed by atoms with E-state index in [1.807, 2.05) is 0 Å². The van der Waals surface area contributed by atoms with E-state index >= 15 is 0 Å². The van der Waals surface area contributed by atoms with E-state index in [0.717, 1.165) is 28.9 Å². The lowest BCUT2D eigenvalue weighted by molar-refractivity contribution is -0.0390. The molecular weight excluding hydrogens is 401 g/mol. The smallest absolute Gasteiger partial charge is 0.277 e. The van der Waals surface area contributed by atoms with E-state index in [2.05, 4.69) is 20.4 Å². The quantitative estimate of drug-likeness (QED) is 0.534. The molecule has 11 heteroatoms. The monoisotopic (exact) mass is 416 g/mol. The third-order valence-electron chi connectivity index (χ3n) is 4.97. The molecule has 0 aliphatic rings. The molecule has 4 rings (SSSR count). The molecule has 30 heavy (non-hydrogen) atoms. The highest BCUT2D eigenvalue weighted by atomic mass is 19.1. The van der Waals surface area contributed by atoms with E-state index in [1.54, 1.807) is 0 Å². The van der Waals surface area contributed by atoms with Gasteiger partial charge in [0.25, 0.3) is 5.56 Å². The van der Waals surface area contributed by atoms with Gasteiger partial charge in [-0.25, -0.2) is 27.5 Å². The van der Waals surface area contributed by atoms with Crippen molar-refractivity contribution in [1.82, 2.24) is 29.8 Å². The van der Waals surface area contributed by atoms with Crippen molar-refractivity contribution in [2.24, 2.45) is 0 Å². The zero-order valence-electron chi connectivity index (χ0n) is 15.6. The average Bonchev–Trinajstić information content (AvgIpc) is 3.20. The summed E-state index contributed by atoms with van der Waals surface area (Å²) in [5.41, 5.74) is -2.97. The Balaban J connectivity index is 1.88. The van der Waals surface area contributed by atoms with Crippen molar-refractivity contribution in [1.29, 1.82) is 0 Å². The number of benzene rings is 2. The summed E-state index contributed by atoms with van der Waals surface area (Å²) in [5, 5.41) is 23.2. The summed E-state index contributed by atoms with van der Waals surface area (Å²) in [7, 11) is 0. The van der Waals surface area contributed by atoms with Gasteiger partial charge in [0.05, 0.1) is 18.0 Å². The Labute approximate surface area is 167 Å². The fourth-order valence-electron chi connectivity index (χ4n) is 3.33. The molecule has 0 amide bonds. The Morgan fingerprint density at radius 3 is 2.57 bits per heavy atom. The maximum absolute atomic E-state index is 14.6. The van der Waals surface area contributed by atoms with Crippen LogP contribution in [0.5, 0.6) is 0 Å². The summed E-state index contributed by atoms with van der Waals surface area (Å²) >= 11 is 0. The SMILES string of the molecule is CC(n1nnc2cc(F)ccc2c1=O)C(O)(Cn1cncn1)c1ccc(F)cc1F. The highest BCUT2D eigenvalue weighted by molar-refractivity contribution is 5.76. The van der Waals surface area contributed by atoms with E-state index < -0.39 is 34.7 Å². The molecule has 0 radical (unpaired) electrons. The average molecular weight is 416 g/mol. The maximum atomic E-state index is 14.6. The van der Waals surface area contributed by atoms with Gasteiger partial charge in [-0.1, -0.05) is 11.3 Å². The second-order valence-electron chi connectivity index (χ2n) is 6.82. The molecule has 0 aliphatic heterocycles. The first-order valence-electron chi connectivity index (χ1n) is 8.84. The minimum Gasteiger partial charge on any atom is -0.381 e. The molecule has 8 nitrogen and oxygen atoms in total. The Morgan fingerprint density at radius 2 is 1.87 bits per heavy atom. The van der Waals surface area contributed by atoms with Crippen LogP contribution in [-0.4, -0.2) is 34.9 Å². The number of fused-ring (bicyclic) bond motifs is 1. The molecule has 154 valence electrons. The van der Waals surface area contributed by atoms with Crippen molar-refractivity contribution >= 4 is 10.9 Å². The van der Waals surface area contributed by atoms with Crippen LogP contribution in [0.25, 0.3) is 10.9 Å². The molecule has 1 N–H and O–H groups in total. The van der Waals surface area contributed by atoms with Crippen LogP contribution in [-0.2, 0) is 12.1 Å². The Morgan fingerprint density at radius 1 is 1.13 bits per heavy atom. The molecule has 0 saturated carbocycles. The third kappa shape index (κ3) is 3.32. The molecule has 0 saturated heterocycles. The van der Waals surface area contributed by atoms with E-state index in [-0.39, 0.29) is 23.0 Å². The molecule has 0 spiro atoms. The van der Waals surface area contributed by atoms with Gasteiger partial charge in [-0.3, -0.25) is 4.79 Å². The van der Waals surface area contributed by atoms with E-state index in [9.17, 15) is 23.1 Å². The van der Waals surface area contributed by atoms with Crippen LogP contribution in [0.1, 0.15) is 18.5 Å². The Bertz CT molecular complexity index is 1280. The lowest BCUT2D eigenvalue weighted by Gasteiger charge is -2.34. The lowest BCUT2D eigenvalue weighted by atomic mass is 9.86. The van der Waals surface area contributed by atoms with Crippen LogP contribution in [0, 0.1) is 17.5 Å². The van der Waals surface area contributed by atoms with Crippen LogP contribution >= 0.6 is 0 Å². The van der Waals surface area contributed by atoms with E-state index in [1.165, 1.54) is 30.3 Å². The first-order chi connectivity index (χ1) is 14.3. The third-order valence-corrected chi connectivity index (χ3v) is 4.97. The summed E-state index contributed by atoms with van der Waals surface area (Å²) in [6.07, 6.45) is 2.53. The van der Waals surface area contributed by atoms with Crippen molar-refractivity contribution in [3.05, 3.63) is 82.4 Å². The summed E-state index contributed by atoms with van der Waals surface area (Å²) in [5.74, 6) is -2.41. The minimum absolute atomic E-state index is 0.0382. The molecule has 2 heterocycles. The second-order valence-corrected chi connectivity index (χ2v) is 6.82. The van der Waals surface area contributed by atoms with Crippen molar-refractivity contribution in [3.63, 3.8) is 0 Å². The maximum Gasteiger partial charge on any atom is 0.277 e. The second kappa shape index (κ2) is 7.34. The lowest BCUT2D eigenvalue weighted by Crippen LogP contribution is -2.44. The predicted molar refractivity (Wildman–Crippen MR) is 98.7 cm³/mol. The topological polar surface area (TPSA) is 98.7 Å². The molecular formula is C19H15F3N6O2. The number of nitrogens with zero attached hydrogens (tertiary/aromatic N) is 6. The predicted octanol–water partition coefficient (Wildman–Crippen LogP) is 1.95. The molecule has 2 aromatic heterocycles. The number of halogens is 3. The van der Waals surface area contributed by atoms with Gasteiger partial charge < -0.3 is 5.11 Å². The summed E-state index contributed by atoms with van der Waals surface area (Å²) in [6.45, 7) is 1.12. The largest absolute Gasteiger partial charge is 0.381 e. The van der Waals surface area contributed by atoms with Gasteiger partial charge in [0.15, 0.2) is 0 Å². The number of rotatable bonds is 5. The first kappa shape index (κ1) is 19.7. The van der Waals surface area contributed by atoms with Crippen LogP contribution in [0.3, 0.4) is 0 Å². The standard InChI is InChI=1S/C19H15F3N6O2/c1-11(28-18(29)14-4-2-13(21)7-17(14)25-26-28)19(30,8-27-10-23-9-24-27)15-5-3-12(20)6-16(15)22/h2-7,9-11,30H,8H2,1H3. The highest BCUT2D eigenvalue weighted by Gasteiger charge is 2.41. The summed E-state index contributed by atoms with van der Waals surface area (Å²) in [4.78, 5) is 16.7. The van der Waals surface area contributed by atoms with Gasteiger partial charge >= 0.3 is 0 Å². The Kier molecular flexibility index (Phi) is 4.82. The van der Waals surface area contributed by atoms with Crippen molar-refractivity contribution < 1.29 is 18.3 Å². The molecule has 2 unspecified atom stereocenters. The fourth-order valence-corrected chi connectivity index (χ4v) is 3.33. The Hall–Kier alpha value is -3.60. The zero-order valence-corrected chi connectivity index (χ0v) is 15.6.